The summed E-state index contributed by atoms with van der Waals surface area (Å²) >= 11 is 7.20. The minimum Gasteiger partial charge on any atom is -0.383 e. The molecule has 1 nitrogen and oxygen atoms in total. The third kappa shape index (κ3) is 2.34. The highest BCUT2D eigenvalue weighted by Crippen LogP contribution is 2.36. The minimum absolute atomic E-state index is 0.103. The van der Waals surface area contributed by atoms with Gasteiger partial charge in [-0.15, -0.1) is 11.3 Å². The molecule has 1 unspecified atom stereocenters. The second-order valence-corrected chi connectivity index (χ2v) is 4.95. The van der Waals surface area contributed by atoms with Gasteiger partial charge in [-0.2, -0.15) is 0 Å². The second-order valence-electron chi connectivity index (χ2n) is 3.67. The summed E-state index contributed by atoms with van der Waals surface area (Å²) in [5.74, 6) is -1.24. The van der Waals surface area contributed by atoms with Crippen LogP contribution in [0, 0.1) is 18.6 Å². The number of aliphatic hydroxyl groups is 1. The van der Waals surface area contributed by atoms with Crippen molar-refractivity contribution in [3.05, 3.63) is 56.2 Å². The van der Waals surface area contributed by atoms with Crippen LogP contribution in [0.15, 0.2) is 23.6 Å². The quantitative estimate of drug-likeness (QED) is 0.875. The Morgan fingerprint density at radius 2 is 2.06 bits per heavy atom. The normalized spacial score (nSPS) is 12.8. The van der Waals surface area contributed by atoms with Gasteiger partial charge in [0, 0.05) is 5.56 Å². The largest absolute Gasteiger partial charge is 0.383 e. The lowest BCUT2D eigenvalue weighted by Crippen LogP contribution is -2.02. The van der Waals surface area contributed by atoms with Crippen molar-refractivity contribution in [2.24, 2.45) is 0 Å². The fourth-order valence-corrected chi connectivity index (χ4v) is 2.80. The molecule has 0 radical (unpaired) electrons. The lowest BCUT2D eigenvalue weighted by molar-refractivity contribution is 0.218. The van der Waals surface area contributed by atoms with E-state index in [1.807, 2.05) is 0 Å². The third-order valence-electron chi connectivity index (χ3n) is 2.43. The summed E-state index contributed by atoms with van der Waals surface area (Å²) in [5, 5.41) is 12.2. The van der Waals surface area contributed by atoms with Crippen LogP contribution in [0.1, 0.15) is 22.1 Å². The number of hydrogen-bond donors (Lipinski definition) is 1. The first kappa shape index (κ1) is 12.5. The van der Waals surface area contributed by atoms with Crippen molar-refractivity contribution < 1.29 is 13.9 Å². The van der Waals surface area contributed by atoms with Gasteiger partial charge in [-0.25, -0.2) is 8.78 Å². The maximum Gasteiger partial charge on any atom is 0.129 e. The highest BCUT2D eigenvalue weighted by molar-refractivity contribution is 7.10. The SMILES string of the molecule is Cc1csc(C(O)c2cc(F)ccc2F)c1Cl. The first-order chi connectivity index (χ1) is 8.00. The monoisotopic (exact) mass is 274 g/mol. The molecule has 0 fully saturated rings. The average Bonchev–Trinajstić information content (AvgIpc) is 2.62. The van der Waals surface area contributed by atoms with Crippen LogP contribution < -0.4 is 0 Å². The van der Waals surface area contributed by atoms with Crippen molar-refractivity contribution in [2.75, 3.05) is 0 Å². The summed E-state index contributed by atoms with van der Waals surface area (Å²) in [6, 6.07) is 2.97. The summed E-state index contributed by atoms with van der Waals surface area (Å²) in [5.41, 5.74) is 0.705. The predicted octanol–water partition coefficient (Wildman–Crippen LogP) is 4.07. The summed E-state index contributed by atoms with van der Waals surface area (Å²) in [6.07, 6.45) is -1.24. The maximum absolute atomic E-state index is 13.5. The van der Waals surface area contributed by atoms with E-state index in [1.54, 1.807) is 12.3 Å². The van der Waals surface area contributed by atoms with E-state index < -0.39 is 17.7 Å². The molecular formula is C12H9ClF2OS. The molecule has 0 spiro atoms. The highest BCUT2D eigenvalue weighted by atomic mass is 35.5. The van der Waals surface area contributed by atoms with E-state index in [0.717, 1.165) is 23.8 Å². The van der Waals surface area contributed by atoms with Crippen molar-refractivity contribution in [3.8, 4) is 0 Å². The zero-order chi connectivity index (χ0) is 12.6. The van der Waals surface area contributed by atoms with E-state index in [4.69, 9.17) is 11.6 Å². The maximum atomic E-state index is 13.5. The summed E-state index contributed by atoms with van der Waals surface area (Å²) in [7, 11) is 0. The molecule has 0 aliphatic rings. The molecule has 0 saturated carbocycles. The number of benzene rings is 1. The number of aliphatic hydroxyl groups excluding tert-OH is 1. The zero-order valence-corrected chi connectivity index (χ0v) is 10.4. The van der Waals surface area contributed by atoms with Crippen LogP contribution >= 0.6 is 22.9 Å². The Hall–Kier alpha value is -0.970. The van der Waals surface area contributed by atoms with Gasteiger partial charge in [-0.05, 0) is 36.1 Å². The second kappa shape index (κ2) is 4.72. The molecule has 0 aliphatic heterocycles. The van der Waals surface area contributed by atoms with Gasteiger partial charge in [0.15, 0.2) is 0 Å². The molecule has 0 aliphatic carbocycles. The van der Waals surface area contributed by atoms with Gasteiger partial charge in [-0.3, -0.25) is 0 Å². The molecule has 1 N–H and O–H groups in total. The average molecular weight is 275 g/mol. The highest BCUT2D eigenvalue weighted by Gasteiger charge is 2.20. The fourth-order valence-electron chi connectivity index (χ4n) is 1.50. The number of rotatable bonds is 2. The van der Waals surface area contributed by atoms with Crippen LogP contribution in [0.4, 0.5) is 8.78 Å². The van der Waals surface area contributed by atoms with Crippen LogP contribution in [-0.4, -0.2) is 5.11 Å². The lowest BCUT2D eigenvalue weighted by Gasteiger charge is -2.11. The van der Waals surface area contributed by atoms with Gasteiger partial charge in [0.25, 0.3) is 0 Å². The van der Waals surface area contributed by atoms with Crippen molar-refractivity contribution in [2.45, 2.75) is 13.0 Å². The number of hydrogen-bond acceptors (Lipinski definition) is 2. The summed E-state index contributed by atoms with van der Waals surface area (Å²) in [6.45, 7) is 1.79. The smallest absolute Gasteiger partial charge is 0.129 e. The minimum atomic E-state index is -1.24. The van der Waals surface area contributed by atoms with Crippen LogP contribution in [0.5, 0.6) is 0 Å². The molecule has 1 atom stereocenters. The number of halogens is 3. The molecule has 1 heterocycles. The summed E-state index contributed by atoms with van der Waals surface area (Å²) in [4.78, 5) is 0.425. The fraction of sp³-hybridized carbons (Fsp3) is 0.167. The Labute approximate surface area is 106 Å². The first-order valence-electron chi connectivity index (χ1n) is 4.87. The van der Waals surface area contributed by atoms with Gasteiger partial charge in [0.05, 0.1) is 9.90 Å². The molecule has 5 heteroatoms. The van der Waals surface area contributed by atoms with Crippen LogP contribution in [0.2, 0.25) is 5.02 Å². The van der Waals surface area contributed by atoms with Crippen molar-refractivity contribution in [1.82, 2.24) is 0 Å². The molecule has 90 valence electrons. The molecule has 0 saturated heterocycles. The number of aryl methyl sites for hydroxylation is 1. The van der Waals surface area contributed by atoms with Crippen molar-refractivity contribution in [3.63, 3.8) is 0 Å². The molecule has 0 amide bonds. The predicted molar refractivity (Wildman–Crippen MR) is 64.5 cm³/mol. The van der Waals surface area contributed by atoms with Gasteiger partial charge >= 0.3 is 0 Å². The lowest BCUT2D eigenvalue weighted by atomic mass is 10.1. The van der Waals surface area contributed by atoms with Crippen molar-refractivity contribution in [1.29, 1.82) is 0 Å². The van der Waals surface area contributed by atoms with E-state index in [-0.39, 0.29) is 5.56 Å². The van der Waals surface area contributed by atoms with Gasteiger partial charge in [-0.1, -0.05) is 11.6 Å². The first-order valence-corrected chi connectivity index (χ1v) is 6.13. The van der Waals surface area contributed by atoms with Crippen LogP contribution in [0.3, 0.4) is 0 Å². The Morgan fingerprint density at radius 1 is 1.35 bits per heavy atom. The molecule has 17 heavy (non-hydrogen) atoms. The Kier molecular flexibility index (Phi) is 3.47. The van der Waals surface area contributed by atoms with E-state index in [0.29, 0.717) is 9.90 Å². The molecule has 1 aromatic heterocycles. The zero-order valence-electron chi connectivity index (χ0n) is 8.88. The molecule has 2 rings (SSSR count). The van der Waals surface area contributed by atoms with E-state index in [2.05, 4.69) is 0 Å². The molecule has 0 bridgehead atoms. The molecule has 1 aromatic carbocycles. The topological polar surface area (TPSA) is 20.2 Å². The number of thiophene rings is 1. The Morgan fingerprint density at radius 3 is 2.65 bits per heavy atom. The Bertz CT molecular complexity index is 553. The van der Waals surface area contributed by atoms with E-state index in [1.165, 1.54) is 11.3 Å². The Balaban J connectivity index is 2.47. The molecule has 2 aromatic rings. The van der Waals surface area contributed by atoms with E-state index in [9.17, 15) is 13.9 Å². The van der Waals surface area contributed by atoms with Crippen LogP contribution in [0.25, 0.3) is 0 Å². The van der Waals surface area contributed by atoms with Gasteiger partial charge in [0.2, 0.25) is 0 Å². The molecular weight excluding hydrogens is 266 g/mol. The standard InChI is InChI=1S/C12H9ClF2OS/c1-6-5-17-12(10(6)13)11(16)8-4-7(14)2-3-9(8)15/h2-5,11,16H,1H3. The van der Waals surface area contributed by atoms with Crippen LogP contribution in [-0.2, 0) is 0 Å². The summed E-state index contributed by atoms with van der Waals surface area (Å²) < 4.78 is 26.5. The van der Waals surface area contributed by atoms with E-state index >= 15 is 0 Å². The van der Waals surface area contributed by atoms with Gasteiger partial charge < -0.3 is 5.11 Å². The van der Waals surface area contributed by atoms with Crippen molar-refractivity contribution >= 4 is 22.9 Å². The van der Waals surface area contributed by atoms with Gasteiger partial charge in [0.1, 0.15) is 17.7 Å². The third-order valence-corrected chi connectivity index (χ3v) is 4.19.